The van der Waals surface area contributed by atoms with Gasteiger partial charge in [-0.05, 0) is 5.56 Å². The fourth-order valence-electron chi connectivity index (χ4n) is 0.599. The zero-order chi connectivity index (χ0) is 6.69. The maximum Gasteiger partial charge on any atom is 0.132 e. The van der Waals surface area contributed by atoms with Gasteiger partial charge in [0, 0.05) is 0 Å². The molecule has 0 N–H and O–H groups in total. The summed E-state index contributed by atoms with van der Waals surface area (Å²) in [7, 11) is 0. The number of rotatable bonds is 1. The standard InChI is InChI=1S/C7H6Cl2.ClH/c8-7(9)6-4-2-1-3-5-6;/h1-5,7H;1H. The number of halogens is 3. The van der Waals surface area contributed by atoms with Crippen LogP contribution in [-0.2, 0) is 0 Å². The average Bonchev–Trinajstić information content (AvgIpc) is 1.90. The second-order valence-electron chi connectivity index (χ2n) is 1.71. The molecule has 10 heavy (non-hydrogen) atoms. The number of hydrogen-bond donors (Lipinski definition) is 0. The molecule has 0 atom stereocenters. The Hall–Kier alpha value is 0.0900. The van der Waals surface area contributed by atoms with Crippen molar-refractivity contribution in [2.45, 2.75) is 4.84 Å². The van der Waals surface area contributed by atoms with E-state index in [4.69, 9.17) is 23.2 Å². The minimum atomic E-state index is -0.397. The number of benzene rings is 1. The van der Waals surface area contributed by atoms with Gasteiger partial charge in [-0.25, -0.2) is 0 Å². The quantitative estimate of drug-likeness (QED) is 0.604. The summed E-state index contributed by atoms with van der Waals surface area (Å²) in [5.74, 6) is 0. The average molecular weight is 197 g/mol. The van der Waals surface area contributed by atoms with E-state index >= 15 is 0 Å². The molecule has 0 nitrogen and oxygen atoms in total. The summed E-state index contributed by atoms with van der Waals surface area (Å²) in [4.78, 5) is -0.397. The Kier molecular flexibility index (Phi) is 4.88. The summed E-state index contributed by atoms with van der Waals surface area (Å²) in [5.41, 5.74) is 0.945. The molecule has 0 radical (unpaired) electrons. The lowest BCUT2D eigenvalue weighted by molar-refractivity contribution is 1.35. The molecule has 1 rings (SSSR count). The second kappa shape index (κ2) is 4.84. The highest BCUT2D eigenvalue weighted by Gasteiger charge is 1.98. The molecule has 0 aliphatic carbocycles. The highest BCUT2D eigenvalue weighted by molar-refractivity contribution is 6.44. The molecule has 0 spiro atoms. The zero-order valence-corrected chi connectivity index (χ0v) is 7.46. The van der Waals surface area contributed by atoms with Crippen LogP contribution in [0.2, 0.25) is 0 Å². The first kappa shape index (κ1) is 10.1. The third-order valence-corrected chi connectivity index (χ3v) is 1.56. The van der Waals surface area contributed by atoms with Crippen LogP contribution in [0.3, 0.4) is 0 Å². The molecule has 3 heteroatoms. The van der Waals surface area contributed by atoms with Crippen molar-refractivity contribution in [2.75, 3.05) is 0 Å². The Morgan fingerprint density at radius 1 is 1.00 bits per heavy atom. The van der Waals surface area contributed by atoms with E-state index in [0.717, 1.165) is 5.56 Å². The molecular formula is C7H7Cl3. The third kappa shape index (κ3) is 2.78. The first-order valence-corrected chi connectivity index (χ1v) is 3.51. The first-order valence-electron chi connectivity index (χ1n) is 2.64. The van der Waals surface area contributed by atoms with Gasteiger partial charge in [0.1, 0.15) is 4.84 Å². The van der Waals surface area contributed by atoms with E-state index in [1.54, 1.807) is 0 Å². The van der Waals surface area contributed by atoms with Gasteiger partial charge in [0.05, 0.1) is 0 Å². The lowest BCUT2D eigenvalue weighted by atomic mass is 10.2. The largest absolute Gasteiger partial charge is 0.147 e. The SMILES string of the molecule is Cl.ClC(Cl)c1ccccc1. The summed E-state index contributed by atoms with van der Waals surface area (Å²) >= 11 is 11.1. The van der Waals surface area contributed by atoms with Crippen molar-refractivity contribution in [3.8, 4) is 0 Å². The van der Waals surface area contributed by atoms with Gasteiger partial charge in [-0.3, -0.25) is 0 Å². The van der Waals surface area contributed by atoms with Gasteiger partial charge in [-0.15, -0.1) is 35.6 Å². The molecule has 0 saturated carbocycles. The molecule has 0 amide bonds. The van der Waals surface area contributed by atoms with Gasteiger partial charge in [-0.2, -0.15) is 0 Å². The minimum absolute atomic E-state index is 0. The van der Waals surface area contributed by atoms with Gasteiger partial charge in [-0.1, -0.05) is 30.3 Å². The molecule has 0 aliphatic heterocycles. The summed E-state index contributed by atoms with van der Waals surface area (Å²) in [6.45, 7) is 0. The van der Waals surface area contributed by atoms with E-state index in [1.165, 1.54) is 0 Å². The molecule has 0 unspecified atom stereocenters. The zero-order valence-electron chi connectivity index (χ0n) is 5.13. The summed E-state index contributed by atoms with van der Waals surface area (Å²) in [6, 6.07) is 9.54. The molecule has 0 fully saturated rings. The molecule has 1 aromatic carbocycles. The minimum Gasteiger partial charge on any atom is -0.147 e. The molecular weight excluding hydrogens is 190 g/mol. The van der Waals surface area contributed by atoms with Crippen molar-refractivity contribution in [3.63, 3.8) is 0 Å². The fourth-order valence-corrected chi connectivity index (χ4v) is 0.889. The van der Waals surface area contributed by atoms with Gasteiger partial charge < -0.3 is 0 Å². The topological polar surface area (TPSA) is 0 Å². The summed E-state index contributed by atoms with van der Waals surface area (Å²) in [5, 5.41) is 0. The fraction of sp³-hybridized carbons (Fsp3) is 0.143. The van der Waals surface area contributed by atoms with E-state index in [2.05, 4.69) is 0 Å². The second-order valence-corrected chi connectivity index (χ2v) is 2.81. The van der Waals surface area contributed by atoms with Crippen LogP contribution in [0, 0.1) is 0 Å². The smallest absolute Gasteiger partial charge is 0.132 e. The van der Waals surface area contributed by atoms with Gasteiger partial charge in [0.2, 0.25) is 0 Å². The van der Waals surface area contributed by atoms with Gasteiger partial charge >= 0.3 is 0 Å². The van der Waals surface area contributed by atoms with Crippen LogP contribution >= 0.6 is 35.6 Å². The first-order chi connectivity index (χ1) is 4.30. The Morgan fingerprint density at radius 2 is 1.50 bits per heavy atom. The molecule has 0 aliphatic rings. The predicted molar refractivity (Wildman–Crippen MR) is 48.1 cm³/mol. The maximum atomic E-state index is 5.57. The van der Waals surface area contributed by atoms with Crippen molar-refractivity contribution in [3.05, 3.63) is 35.9 Å². The highest BCUT2D eigenvalue weighted by atomic mass is 35.5. The van der Waals surface area contributed by atoms with Crippen molar-refractivity contribution in [2.24, 2.45) is 0 Å². The number of alkyl halides is 2. The number of hydrogen-bond acceptors (Lipinski definition) is 0. The van der Waals surface area contributed by atoms with Gasteiger partial charge in [0.25, 0.3) is 0 Å². The molecule has 0 bridgehead atoms. The predicted octanol–water partition coefficient (Wildman–Crippen LogP) is 3.58. The Bertz CT molecular complexity index is 171. The molecule has 0 aromatic heterocycles. The lowest BCUT2D eigenvalue weighted by Gasteiger charge is -1.97. The van der Waals surface area contributed by atoms with Crippen molar-refractivity contribution >= 4 is 35.6 Å². The van der Waals surface area contributed by atoms with Crippen molar-refractivity contribution in [1.29, 1.82) is 0 Å². The Balaban J connectivity index is 0.000000810. The summed E-state index contributed by atoms with van der Waals surface area (Å²) < 4.78 is 0. The normalized spacial score (nSPS) is 9.10. The van der Waals surface area contributed by atoms with E-state index < -0.39 is 4.84 Å². The van der Waals surface area contributed by atoms with Crippen LogP contribution in [0.25, 0.3) is 0 Å². The van der Waals surface area contributed by atoms with Crippen molar-refractivity contribution in [1.82, 2.24) is 0 Å². The van der Waals surface area contributed by atoms with E-state index in [-0.39, 0.29) is 12.4 Å². The van der Waals surface area contributed by atoms with Gasteiger partial charge in [0.15, 0.2) is 0 Å². The lowest BCUT2D eigenvalue weighted by Crippen LogP contribution is -1.76. The molecule has 0 saturated heterocycles. The van der Waals surface area contributed by atoms with E-state index in [9.17, 15) is 0 Å². The third-order valence-electron chi connectivity index (χ3n) is 1.05. The molecule has 0 heterocycles. The van der Waals surface area contributed by atoms with E-state index in [1.807, 2.05) is 30.3 Å². The molecule has 1 aromatic rings. The van der Waals surface area contributed by atoms with Crippen LogP contribution in [-0.4, -0.2) is 0 Å². The highest BCUT2D eigenvalue weighted by Crippen LogP contribution is 2.23. The summed E-state index contributed by atoms with van der Waals surface area (Å²) in [6.07, 6.45) is 0. The van der Waals surface area contributed by atoms with Crippen LogP contribution in [0.4, 0.5) is 0 Å². The Morgan fingerprint density at radius 3 is 1.80 bits per heavy atom. The van der Waals surface area contributed by atoms with Crippen LogP contribution in [0.5, 0.6) is 0 Å². The van der Waals surface area contributed by atoms with Crippen LogP contribution in [0.1, 0.15) is 10.4 Å². The van der Waals surface area contributed by atoms with Crippen LogP contribution in [0.15, 0.2) is 30.3 Å². The van der Waals surface area contributed by atoms with Crippen LogP contribution < -0.4 is 0 Å². The van der Waals surface area contributed by atoms with E-state index in [0.29, 0.717) is 0 Å². The maximum absolute atomic E-state index is 5.57. The molecule has 56 valence electrons. The monoisotopic (exact) mass is 196 g/mol. The Labute approximate surface area is 76.6 Å². The van der Waals surface area contributed by atoms with Crippen molar-refractivity contribution < 1.29 is 0 Å².